The summed E-state index contributed by atoms with van der Waals surface area (Å²) in [5.74, 6) is 0. The van der Waals surface area contributed by atoms with Crippen LogP contribution in [0.5, 0.6) is 0 Å². The first-order valence-corrected chi connectivity index (χ1v) is 9.48. The van der Waals surface area contributed by atoms with E-state index in [2.05, 4.69) is 33.4 Å². The minimum atomic E-state index is -0.461. The number of para-hydroxylation sites is 2. The van der Waals surface area contributed by atoms with E-state index in [-0.39, 0.29) is 16.9 Å². The molecule has 0 aliphatic carbocycles. The van der Waals surface area contributed by atoms with Gasteiger partial charge in [0.25, 0.3) is 5.69 Å². The van der Waals surface area contributed by atoms with E-state index in [0.29, 0.717) is 5.69 Å². The Hall–Kier alpha value is -2.78. The van der Waals surface area contributed by atoms with Crippen LogP contribution in [0.15, 0.2) is 35.4 Å². The molecule has 8 nitrogen and oxygen atoms in total. The van der Waals surface area contributed by atoms with Crippen LogP contribution in [0.2, 0.25) is 0 Å². The SMILES string of the molecule is Cc1cc(/C=N\NC(=S)Nc2ccccc2[N+](=O)[O-])c(C)n1C[C@H]1CCCO1. The van der Waals surface area contributed by atoms with Crippen LogP contribution in [0.3, 0.4) is 0 Å². The molecule has 28 heavy (non-hydrogen) atoms. The Labute approximate surface area is 168 Å². The van der Waals surface area contributed by atoms with Gasteiger partial charge in [0.1, 0.15) is 5.69 Å². The van der Waals surface area contributed by atoms with Gasteiger partial charge in [0, 0.05) is 36.2 Å². The van der Waals surface area contributed by atoms with Crippen molar-refractivity contribution >= 4 is 34.9 Å². The van der Waals surface area contributed by atoms with Crippen molar-refractivity contribution in [2.24, 2.45) is 5.10 Å². The number of hydrogen-bond acceptors (Lipinski definition) is 5. The first-order chi connectivity index (χ1) is 13.5. The number of benzene rings is 1. The van der Waals surface area contributed by atoms with Crippen LogP contribution in [-0.4, -0.2) is 33.5 Å². The zero-order chi connectivity index (χ0) is 20.1. The summed E-state index contributed by atoms with van der Waals surface area (Å²) in [7, 11) is 0. The van der Waals surface area contributed by atoms with Crippen molar-refractivity contribution in [3.05, 3.63) is 57.4 Å². The van der Waals surface area contributed by atoms with Crippen LogP contribution in [-0.2, 0) is 11.3 Å². The molecule has 1 aliphatic heterocycles. The van der Waals surface area contributed by atoms with E-state index in [4.69, 9.17) is 17.0 Å². The molecule has 0 saturated carbocycles. The third-order valence-electron chi connectivity index (χ3n) is 4.74. The highest BCUT2D eigenvalue weighted by atomic mass is 32.1. The number of nitrogens with zero attached hydrogens (tertiary/aromatic N) is 3. The van der Waals surface area contributed by atoms with Crippen LogP contribution >= 0.6 is 12.2 Å². The van der Waals surface area contributed by atoms with Gasteiger partial charge in [-0.2, -0.15) is 5.10 Å². The summed E-state index contributed by atoms with van der Waals surface area (Å²) in [6, 6.07) is 8.37. The molecule has 1 aliphatic rings. The molecule has 1 atom stereocenters. The molecule has 1 aromatic heterocycles. The molecule has 1 saturated heterocycles. The summed E-state index contributed by atoms with van der Waals surface area (Å²) in [5.41, 5.74) is 6.21. The average Bonchev–Trinajstić information content (AvgIpc) is 3.26. The summed E-state index contributed by atoms with van der Waals surface area (Å²) >= 11 is 5.18. The lowest BCUT2D eigenvalue weighted by molar-refractivity contribution is -0.383. The summed E-state index contributed by atoms with van der Waals surface area (Å²) < 4.78 is 7.97. The fraction of sp³-hybridized carbons (Fsp3) is 0.368. The highest BCUT2D eigenvalue weighted by Crippen LogP contribution is 2.23. The molecule has 0 amide bonds. The van der Waals surface area contributed by atoms with E-state index in [1.807, 2.05) is 6.92 Å². The molecule has 2 heterocycles. The van der Waals surface area contributed by atoms with Gasteiger partial charge in [0.05, 0.1) is 17.2 Å². The monoisotopic (exact) mass is 401 g/mol. The van der Waals surface area contributed by atoms with Gasteiger partial charge in [-0.1, -0.05) is 12.1 Å². The number of nitrogens with one attached hydrogen (secondary N) is 2. The molecule has 9 heteroatoms. The van der Waals surface area contributed by atoms with Crippen molar-refractivity contribution in [1.29, 1.82) is 0 Å². The summed E-state index contributed by atoms with van der Waals surface area (Å²) in [4.78, 5) is 10.6. The third kappa shape index (κ3) is 4.73. The van der Waals surface area contributed by atoms with Crippen LogP contribution in [0.25, 0.3) is 0 Å². The Morgan fingerprint density at radius 1 is 1.46 bits per heavy atom. The number of ether oxygens (including phenoxy) is 1. The molecule has 0 spiro atoms. The molecule has 3 rings (SSSR count). The van der Waals surface area contributed by atoms with E-state index in [9.17, 15) is 10.1 Å². The minimum absolute atomic E-state index is 0.0479. The molecule has 2 aromatic rings. The first-order valence-electron chi connectivity index (χ1n) is 9.07. The molecule has 2 N–H and O–H groups in total. The number of aromatic nitrogens is 1. The number of nitro benzene ring substituents is 1. The van der Waals surface area contributed by atoms with E-state index in [1.165, 1.54) is 6.07 Å². The Kier molecular flexibility index (Phi) is 6.37. The van der Waals surface area contributed by atoms with Gasteiger partial charge in [-0.15, -0.1) is 0 Å². The number of thiocarbonyl (C=S) groups is 1. The largest absolute Gasteiger partial charge is 0.376 e. The van der Waals surface area contributed by atoms with E-state index in [0.717, 1.165) is 42.9 Å². The van der Waals surface area contributed by atoms with Crippen molar-refractivity contribution in [2.45, 2.75) is 39.3 Å². The lowest BCUT2D eigenvalue weighted by Gasteiger charge is -2.14. The van der Waals surface area contributed by atoms with Gasteiger partial charge < -0.3 is 14.6 Å². The summed E-state index contributed by atoms with van der Waals surface area (Å²) in [6.07, 6.45) is 4.17. The molecular weight excluding hydrogens is 378 g/mol. The second-order valence-electron chi connectivity index (χ2n) is 6.67. The van der Waals surface area contributed by atoms with Crippen molar-refractivity contribution in [3.63, 3.8) is 0 Å². The average molecular weight is 401 g/mol. The van der Waals surface area contributed by atoms with Gasteiger partial charge >= 0.3 is 0 Å². The fourth-order valence-corrected chi connectivity index (χ4v) is 3.44. The second-order valence-corrected chi connectivity index (χ2v) is 7.08. The van der Waals surface area contributed by atoms with E-state index in [1.54, 1.807) is 24.4 Å². The highest BCUT2D eigenvalue weighted by molar-refractivity contribution is 7.80. The van der Waals surface area contributed by atoms with Gasteiger partial charge in [0.15, 0.2) is 5.11 Å². The Morgan fingerprint density at radius 3 is 2.96 bits per heavy atom. The lowest BCUT2D eigenvalue weighted by Crippen LogP contribution is -2.24. The van der Waals surface area contributed by atoms with Crippen LogP contribution in [0, 0.1) is 24.0 Å². The van der Waals surface area contributed by atoms with Crippen molar-refractivity contribution in [2.75, 3.05) is 11.9 Å². The topological polar surface area (TPSA) is 93.7 Å². The zero-order valence-electron chi connectivity index (χ0n) is 15.8. The molecule has 0 bridgehead atoms. The van der Waals surface area contributed by atoms with Crippen molar-refractivity contribution in [3.8, 4) is 0 Å². The number of hydrogen-bond donors (Lipinski definition) is 2. The number of aryl methyl sites for hydroxylation is 1. The number of hydrazone groups is 1. The number of rotatable bonds is 6. The summed E-state index contributed by atoms with van der Waals surface area (Å²) in [6.45, 7) is 5.80. The van der Waals surface area contributed by atoms with Gasteiger partial charge in [-0.05, 0) is 51.0 Å². The molecule has 0 unspecified atom stereocenters. The third-order valence-corrected chi connectivity index (χ3v) is 4.94. The smallest absolute Gasteiger partial charge is 0.292 e. The molecule has 1 aromatic carbocycles. The van der Waals surface area contributed by atoms with Crippen LogP contribution in [0.4, 0.5) is 11.4 Å². The normalized spacial score (nSPS) is 16.4. The Balaban J connectivity index is 1.61. The van der Waals surface area contributed by atoms with Crippen LogP contribution < -0.4 is 10.7 Å². The maximum atomic E-state index is 11.1. The fourth-order valence-electron chi connectivity index (χ4n) is 3.28. The van der Waals surface area contributed by atoms with Gasteiger partial charge in [-0.25, -0.2) is 0 Å². The predicted molar refractivity (Wildman–Crippen MR) is 113 cm³/mol. The zero-order valence-corrected chi connectivity index (χ0v) is 16.7. The van der Waals surface area contributed by atoms with E-state index >= 15 is 0 Å². The molecule has 0 radical (unpaired) electrons. The number of anilines is 1. The standard InChI is InChI=1S/C19H23N5O3S/c1-13-10-15(14(2)23(13)12-16-6-5-9-27-16)11-20-22-19(28)21-17-7-3-4-8-18(17)24(25)26/h3-4,7-8,10-11,16H,5-6,9,12H2,1-2H3,(H2,21,22,28)/b20-11-/t16-/m1/s1. The molecular formula is C19H23N5O3S. The second kappa shape index (κ2) is 8.94. The Bertz CT molecular complexity index is 903. The maximum absolute atomic E-state index is 11.1. The summed E-state index contributed by atoms with van der Waals surface area (Å²) in [5, 5.41) is 18.2. The highest BCUT2D eigenvalue weighted by Gasteiger charge is 2.18. The van der Waals surface area contributed by atoms with Crippen molar-refractivity contribution in [1.82, 2.24) is 9.99 Å². The molecule has 148 valence electrons. The molecule has 1 fully saturated rings. The minimum Gasteiger partial charge on any atom is -0.376 e. The van der Waals surface area contributed by atoms with Crippen molar-refractivity contribution < 1.29 is 9.66 Å². The lowest BCUT2D eigenvalue weighted by atomic mass is 10.2. The predicted octanol–water partition coefficient (Wildman–Crippen LogP) is 3.51. The maximum Gasteiger partial charge on any atom is 0.292 e. The van der Waals surface area contributed by atoms with Gasteiger partial charge in [0.2, 0.25) is 0 Å². The van der Waals surface area contributed by atoms with Crippen LogP contribution in [0.1, 0.15) is 29.8 Å². The van der Waals surface area contributed by atoms with Gasteiger partial charge in [-0.3, -0.25) is 15.5 Å². The quantitative estimate of drug-likeness (QED) is 0.333. The number of nitro groups is 1. The van der Waals surface area contributed by atoms with E-state index < -0.39 is 4.92 Å². The Morgan fingerprint density at radius 2 is 2.25 bits per heavy atom. The first kappa shape index (κ1) is 20.0.